The summed E-state index contributed by atoms with van der Waals surface area (Å²) in [6.07, 6.45) is 10.6. The van der Waals surface area contributed by atoms with Gasteiger partial charge in [-0.3, -0.25) is 4.79 Å². The third kappa shape index (κ3) is 6.62. The van der Waals surface area contributed by atoms with Crippen LogP contribution in [0.1, 0.15) is 44.3 Å². The Morgan fingerprint density at radius 2 is 2.09 bits per heavy atom. The Bertz CT molecular complexity index is 1140. The van der Waals surface area contributed by atoms with Crippen LogP contribution in [0.4, 0.5) is 5.13 Å². The zero-order chi connectivity index (χ0) is 23.9. The fourth-order valence-corrected chi connectivity index (χ4v) is 6.17. The Morgan fingerprint density at radius 3 is 2.85 bits per heavy atom. The van der Waals surface area contributed by atoms with Gasteiger partial charge in [0.05, 0.1) is 16.5 Å². The Hall–Kier alpha value is -1.87. The zero-order valence-electron chi connectivity index (χ0n) is 18.8. The molecule has 1 fully saturated rings. The molecule has 0 saturated heterocycles. The molecule has 0 atom stereocenters. The maximum Gasteiger partial charge on any atom is 0.236 e. The number of thioether (sulfide) groups is 1. The van der Waals surface area contributed by atoms with Crippen LogP contribution < -0.4 is 5.32 Å². The summed E-state index contributed by atoms with van der Waals surface area (Å²) < 4.78 is 2.07. The molecule has 4 rings (SSSR count). The summed E-state index contributed by atoms with van der Waals surface area (Å²) in [5.74, 6) is 1.83. The van der Waals surface area contributed by atoms with E-state index in [9.17, 15) is 4.79 Å². The monoisotopic (exact) mass is 535 g/mol. The van der Waals surface area contributed by atoms with Crippen LogP contribution in [0.15, 0.2) is 41.4 Å². The average Bonchev–Trinajstić information content (AvgIpc) is 3.44. The van der Waals surface area contributed by atoms with Gasteiger partial charge in [-0.15, -0.1) is 28.1 Å². The highest BCUT2D eigenvalue weighted by atomic mass is 35.5. The lowest BCUT2D eigenvalue weighted by atomic mass is 9.86. The van der Waals surface area contributed by atoms with Crippen LogP contribution in [-0.2, 0) is 17.8 Å². The number of nitrogens with one attached hydrogen (secondary N) is 1. The average molecular weight is 537 g/mol. The van der Waals surface area contributed by atoms with Crippen LogP contribution in [0.5, 0.6) is 0 Å². The number of amides is 1. The van der Waals surface area contributed by atoms with E-state index in [4.69, 9.17) is 23.2 Å². The largest absolute Gasteiger partial charge is 0.302 e. The smallest absolute Gasteiger partial charge is 0.236 e. The second kappa shape index (κ2) is 12.2. The van der Waals surface area contributed by atoms with Gasteiger partial charge >= 0.3 is 0 Å². The highest BCUT2D eigenvalue weighted by Crippen LogP contribution is 2.32. The first-order valence-electron chi connectivity index (χ1n) is 11.4. The molecule has 10 heteroatoms. The van der Waals surface area contributed by atoms with Gasteiger partial charge in [0.15, 0.2) is 10.3 Å². The fourth-order valence-electron chi connectivity index (χ4n) is 4.17. The van der Waals surface area contributed by atoms with Gasteiger partial charge < -0.3 is 9.88 Å². The van der Waals surface area contributed by atoms with E-state index < -0.39 is 0 Å². The minimum atomic E-state index is -0.148. The summed E-state index contributed by atoms with van der Waals surface area (Å²) >= 11 is 15.0. The number of nitrogens with zero attached hydrogens (tertiary/aromatic N) is 4. The maximum absolute atomic E-state index is 12.6. The quantitative estimate of drug-likeness (QED) is 0.220. The van der Waals surface area contributed by atoms with E-state index in [0.29, 0.717) is 27.4 Å². The lowest BCUT2D eigenvalue weighted by molar-refractivity contribution is -0.113. The van der Waals surface area contributed by atoms with Gasteiger partial charge in [0.1, 0.15) is 5.82 Å². The summed E-state index contributed by atoms with van der Waals surface area (Å²) in [4.78, 5) is 17.1. The molecule has 1 saturated carbocycles. The number of halogens is 2. The fraction of sp³-hybridized carbons (Fsp3) is 0.417. The van der Waals surface area contributed by atoms with Crippen molar-refractivity contribution in [2.45, 2.75) is 56.6 Å². The van der Waals surface area contributed by atoms with Crippen LogP contribution >= 0.6 is 46.3 Å². The first-order chi connectivity index (χ1) is 16.5. The van der Waals surface area contributed by atoms with Gasteiger partial charge in [-0.25, -0.2) is 4.98 Å². The van der Waals surface area contributed by atoms with Crippen molar-refractivity contribution < 1.29 is 4.79 Å². The van der Waals surface area contributed by atoms with Crippen molar-refractivity contribution in [1.82, 2.24) is 19.7 Å². The molecule has 1 amide bonds. The van der Waals surface area contributed by atoms with E-state index >= 15 is 0 Å². The van der Waals surface area contributed by atoms with Crippen molar-refractivity contribution in [2.24, 2.45) is 5.92 Å². The van der Waals surface area contributed by atoms with Crippen LogP contribution in [0.3, 0.4) is 0 Å². The van der Waals surface area contributed by atoms with Gasteiger partial charge in [0.2, 0.25) is 5.91 Å². The van der Waals surface area contributed by atoms with Gasteiger partial charge in [-0.1, -0.05) is 73.1 Å². The molecule has 2 heterocycles. The molecule has 2 aromatic heterocycles. The second-order valence-electron chi connectivity index (χ2n) is 8.34. The molecule has 6 nitrogen and oxygen atoms in total. The van der Waals surface area contributed by atoms with Crippen molar-refractivity contribution in [2.75, 3.05) is 11.1 Å². The number of thiazole rings is 1. The number of hydrogen-bond acceptors (Lipinski definition) is 6. The predicted molar refractivity (Wildman–Crippen MR) is 142 cm³/mol. The van der Waals surface area contributed by atoms with Crippen LogP contribution in [0.2, 0.25) is 10.0 Å². The summed E-state index contributed by atoms with van der Waals surface area (Å²) in [7, 11) is 0. The molecule has 0 aliphatic heterocycles. The molecule has 0 bridgehead atoms. The molecule has 1 aliphatic carbocycles. The number of carbonyl (C=O) groups is 1. The minimum Gasteiger partial charge on any atom is -0.302 e. The molecule has 0 spiro atoms. The summed E-state index contributed by atoms with van der Waals surface area (Å²) in [5, 5.41) is 15.8. The standard InChI is InChI=1S/C24H27Cl2N5OS2/c1-2-12-31-21(11-8-16-6-4-3-5-7-16)29-30-24(31)34-15-22(32)28-23-27-20(14-33-23)18-10-9-17(25)13-19(18)26/h2,9-10,13-14,16H,1,3-8,11-12,15H2,(H,27,28,32). The Morgan fingerprint density at radius 1 is 1.26 bits per heavy atom. The number of anilines is 1. The van der Waals surface area contributed by atoms with Crippen molar-refractivity contribution in [1.29, 1.82) is 0 Å². The van der Waals surface area contributed by atoms with Crippen LogP contribution in [-0.4, -0.2) is 31.4 Å². The number of benzene rings is 1. The normalized spacial score (nSPS) is 14.3. The molecule has 180 valence electrons. The SMILES string of the molecule is C=CCn1c(CCC2CCCCC2)nnc1SCC(=O)Nc1nc(-c2ccc(Cl)cc2Cl)cs1. The van der Waals surface area contributed by atoms with E-state index in [1.165, 1.54) is 55.2 Å². The van der Waals surface area contributed by atoms with E-state index in [2.05, 4.69) is 31.6 Å². The Balaban J connectivity index is 1.33. The summed E-state index contributed by atoms with van der Waals surface area (Å²) in [6, 6.07) is 5.26. The highest BCUT2D eigenvalue weighted by Gasteiger charge is 2.18. The molecular formula is C24H27Cl2N5OS2. The molecule has 1 N–H and O–H groups in total. The second-order valence-corrected chi connectivity index (χ2v) is 11.0. The van der Waals surface area contributed by atoms with Crippen LogP contribution in [0, 0.1) is 5.92 Å². The Kier molecular flexibility index (Phi) is 9.05. The molecule has 34 heavy (non-hydrogen) atoms. The van der Waals surface area contributed by atoms with E-state index in [0.717, 1.165) is 35.3 Å². The lowest BCUT2D eigenvalue weighted by Gasteiger charge is -2.21. The topological polar surface area (TPSA) is 72.7 Å². The van der Waals surface area contributed by atoms with Crippen molar-refractivity contribution >= 4 is 57.3 Å². The van der Waals surface area contributed by atoms with Gasteiger partial charge in [-0.05, 0) is 30.5 Å². The number of hydrogen-bond donors (Lipinski definition) is 1. The molecular weight excluding hydrogens is 509 g/mol. The lowest BCUT2D eigenvalue weighted by Crippen LogP contribution is -2.15. The molecule has 1 aromatic carbocycles. The molecule has 0 radical (unpaired) electrons. The predicted octanol–water partition coefficient (Wildman–Crippen LogP) is 7.14. The number of carbonyl (C=O) groups excluding carboxylic acids is 1. The van der Waals surface area contributed by atoms with E-state index in [1.807, 2.05) is 17.5 Å². The van der Waals surface area contributed by atoms with Gasteiger partial charge in [0, 0.05) is 28.9 Å². The molecule has 3 aromatic rings. The van der Waals surface area contributed by atoms with Crippen LogP contribution in [0.25, 0.3) is 11.3 Å². The minimum absolute atomic E-state index is 0.148. The van der Waals surface area contributed by atoms with Gasteiger partial charge in [0.25, 0.3) is 0 Å². The van der Waals surface area contributed by atoms with Crippen molar-refractivity contribution in [3.8, 4) is 11.3 Å². The Labute approximate surface area is 218 Å². The van der Waals surface area contributed by atoms with E-state index in [1.54, 1.807) is 12.1 Å². The first-order valence-corrected chi connectivity index (χ1v) is 14.0. The first kappa shape index (κ1) is 25.2. The number of allylic oxidation sites excluding steroid dienone is 1. The maximum atomic E-state index is 12.6. The number of aryl methyl sites for hydroxylation is 1. The van der Waals surface area contributed by atoms with Gasteiger partial charge in [-0.2, -0.15) is 0 Å². The third-order valence-electron chi connectivity index (χ3n) is 5.90. The van der Waals surface area contributed by atoms with E-state index in [-0.39, 0.29) is 11.7 Å². The molecule has 0 unspecified atom stereocenters. The molecule has 1 aliphatic rings. The zero-order valence-corrected chi connectivity index (χ0v) is 21.9. The summed E-state index contributed by atoms with van der Waals surface area (Å²) in [5.41, 5.74) is 1.47. The number of aromatic nitrogens is 4. The summed E-state index contributed by atoms with van der Waals surface area (Å²) in [6.45, 7) is 4.50. The third-order valence-corrected chi connectivity index (χ3v) is 8.17. The van der Waals surface area contributed by atoms with Crippen molar-refractivity contribution in [3.63, 3.8) is 0 Å². The number of rotatable bonds is 10. The van der Waals surface area contributed by atoms with Crippen molar-refractivity contribution in [3.05, 3.63) is 52.1 Å². The highest BCUT2D eigenvalue weighted by molar-refractivity contribution is 7.99.